The van der Waals surface area contributed by atoms with Crippen LogP contribution in [-0.2, 0) is 5.41 Å². The average molecular weight is 407 g/mol. The second kappa shape index (κ2) is 5.33. The van der Waals surface area contributed by atoms with E-state index in [0.29, 0.717) is 0 Å². The van der Waals surface area contributed by atoms with Gasteiger partial charge in [-0.2, -0.15) is 0 Å². The zero-order chi connectivity index (χ0) is 21.1. The molecule has 0 atom stereocenters. The Morgan fingerprint density at radius 2 is 1.55 bits per heavy atom. The van der Waals surface area contributed by atoms with Crippen LogP contribution in [0.5, 0.6) is 11.5 Å². The van der Waals surface area contributed by atoms with Gasteiger partial charge in [-0.3, -0.25) is 0 Å². The number of benzene rings is 3. The molecule has 3 aromatic heterocycles. The van der Waals surface area contributed by atoms with E-state index in [1.54, 1.807) is 14.2 Å². The molecule has 0 amide bonds. The standard InChI is InChI=1S/C27H21NO3/c1-27(2)20-12-14(29-3)8-10-16(20)24-22(27)18-6-5-7-19-23(18)28(24)25-17-11-9-15(30-4)13-21(17)31-26(19)25/h5-13H,1-4H3. The van der Waals surface area contributed by atoms with Crippen LogP contribution in [0.3, 0.4) is 0 Å². The highest BCUT2D eigenvalue weighted by Gasteiger charge is 2.41. The first kappa shape index (κ1) is 17.1. The summed E-state index contributed by atoms with van der Waals surface area (Å²) in [7, 11) is 3.41. The molecule has 31 heavy (non-hydrogen) atoms. The molecule has 0 saturated heterocycles. The maximum Gasteiger partial charge on any atom is 0.161 e. The van der Waals surface area contributed by atoms with Crippen molar-refractivity contribution in [2.24, 2.45) is 0 Å². The average Bonchev–Trinajstić information content (AvgIpc) is 3.47. The highest BCUT2D eigenvalue weighted by molar-refractivity contribution is 6.22. The van der Waals surface area contributed by atoms with Gasteiger partial charge < -0.3 is 18.3 Å². The summed E-state index contributed by atoms with van der Waals surface area (Å²) in [5, 5.41) is 3.55. The lowest BCUT2D eigenvalue weighted by Crippen LogP contribution is -2.15. The van der Waals surface area contributed by atoms with Gasteiger partial charge in [-0.05, 0) is 47.5 Å². The van der Waals surface area contributed by atoms with E-state index in [0.717, 1.165) is 39.0 Å². The molecule has 0 unspecified atom stereocenters. The van der Waals surface area contributed by atoms with Crippen LogP contribution in [0.4, 0.5) is 0 Å². The molecule has 0 bridgehead atoms. The quantitative estimate of drug-likeness (QED) is 0.318. The predicted octanol–water partition coefficient (Wildman–Crippen LogP) is 6.75. The Kier molecular flexibility index (Phi) is 2.93. The van der Waals surface area contributed by atoms with Gasteiger partial charge in [0.25, 0.3) is 0 Å². The number of hydrogen-bond donors (Lipinski definition) is 0. The van der Waals surface area contributed by atoms with Crippen LogP contribution < -0.4 is 9.47 Å². The van der Waals surface area contributed by atoms with Crippen LogP contribution >= 0.6 is 0 Å². The monoisotopic (exact) mass is 407 g/mol. The van der Waals surface area contributed by atoms with Crippen molar-refractivity contribution in [1.29, 1.82) is 0 Å². The molecule has 0 radical (unpaired) electrons. The lowest BCUT2D eigenvalue weighted by atomic mass is 9.81. The van der Waals surface area contributed by atoms with Gasteiger partial charge >= 0.3 is 0 Å². The van der Waals surface area contributed by atoms with E-state index in [2.05, 4.69) is 60.7 Å². The summed E-state index contributed by atoms with van der Waals surface area (Å²) in [5.74, 6) is 1.69. The lowest BCUT2D eigenvalue weighted by molar-refractivity contribution is 0.413. The number of methoxy groups -OCH3 is 2. The fraction of sp³-hybridized carbons (Fsp3) is 0.185. The third-order valence-electron chi connectivity index (χ3n) is 7.11. The third kappa shape index (κ3) is 1.83. The highest BCUT2D eigenvalue weighted by atomic mass is 16.5. The predicted molar refractivity (Wildman–Crippen MR) is 124 cm³/mol. The van der Waals surface area contributed by atoms with E-state index in [4.69, 9.17) is 13.9 Å². The van der Waals surface area contributed by atoms with Crippen LogP contribution in [0.2, 0.25) is 0 Å². The van der Waals surface area contributed by atoms with Gasteiger partial charge in [0.1, 0.15) is 22.6 Å². The van der Waals surface area contributed by atoms with E-state index < -0.39 is 0 Å². The minimum atomic E-state index is -0.123. The van der Waals surface area contributed by atoms with Crippen LogP contribution in [0.25, 0.3) is 49.6 Å². The maximum atomic E-state index is 6.40. The maximum absolute atomic E-state index is 6.40. The number of fused-ring (bicyclic) bond motifs is 10. The fourth-order valence-electron chi connectivity index (χ4n) is 5.74. The molecule has 0 N–H and O–H groups in total. The fourth-order valence-corrected chi connectivity index (χ4v) is 5.74. The van der Waals surface area contributed by atoms with Crippen molar-refractivity contribution in [1.82, 2.24) is 4.40 Å². The first-order chi connectivity index (χ1) is 15.0. The first-order valence-electron chi connectivity index (χ1n) is 10.5. The number of ether oxygens (including phenoxy) is 2. The van der Waals surface area contributed by atoms with Crippen molar-refractivity contribution in [3.8, 4) is 22.8 Å². The van der Waals surface area contributed by atoms with Crippen LogP contribution in [0.15, 0.2) is 59.0 Å². The largest absolute Gasteiger partial charge is 0.497 e. The number of nitrogens with zero attached hydrogens (tertiary/aromatic N) is 1. The number of rotatable bonds is 2. The highest BCUT2D eigenvalue weighted by Crippen LogP contribution is 2.56. The second-order valence-electron chi connectivity index (χ2n) is 8.94. The molecule has 1 aliphatic carbocycles. The summed E-state index contributed by atoms with van der Waals surface area (Å²) in [6.45, 7) is 4.63. The molecule has 4 heteroatoms. The summed E-state index contributed by atoms with van der Waals surface area (Å²) in [6, 6.07) is 19.1. The van der Waals surface area contributed by atoms with Gasteiger partial charge in [0.15, 0.2) is 5.58 Å². The summed E-state index contributed by atoms with van der Waals surface area (Å²) in [5.41, 5.74) is 9.24. The van der Waals surface area contributed by atoms with Gasteiger partial charge in [-0.15, -0.1) is 0 Å². The second-order valence-corrected chi connectivity index (χ2v) is 8.94. The Balaban J connectivity index is 1.73. The normalized spacial score (nSPS) is 14.7. The van der Waals surface area contributed by atoms with Crippen molar-refractivity contribution in [2.75, 3.05) is 14.2 Å². The Morgan fingerprint density at radius 3 is 2.35 bits per heavy atom. The van der Waals surface area contributed by atoms with Gasteiger partial charge in [0.2, 0.25) is 0 Å². The minimum absolute atomic E-state index is 0.123. The zero-order valence-corrected chi connectivity index (χ0v) is 17.9. The van der Waals surface area contributed by atoms with Gasteiger partial charge in [0.05, 0.1) is 25.4 Å². The summed E-state index contributed by atoms with van der Waals surface area (Å²) < 4.78 is 19.8. The SMILES string of the molecule is COc1ccc2c(c1)C(C)(C)c1c-2n2c3c1cccc3c1oc3cc(OC)ccc3c12. The molecule has 152 valence electrons. The number of hydrogen-bond acceptors (Lipinski definition) is 3. The molecule has 3 heterocycles. The van der Waals surface area contributed by atoms with Crippen molar-refractivity contribution in [3.63, 3.8) is 0 Å². The summed E-state index contributed by atoms with van der Waals surface area (Å²) >= 11 is 0. The number of aromatic nitrogens is 1. The Bertz CT molecular complexity index is 1680. The van der Waals surface area contributed by atoms with Gasteiger partial charge in [0, 0.05) is 33.2 Å². The Labute approximate surface area is 178 Å². The molecule has 0 fully saturated rings. The van der Waals surface area contributed by atoms with E-state index in [-0.39, 0.29) is 5.41 Å². The topological polar surface area (TPSA) is 36.0 Å². The van der Waals surface area contributed by atoms with E-state index in [1.807, 2.05) is 12.1 Å². The zero-order valence-electron chi connectivity index (χ0n) is 17.9. The van der Waals surface area contributed by atoms with Gasteiger partial charge in [-0.25, -0.2) is 0 Å². The smallest absolute Gasteiger partial charge is 0.161 e. The molecular formula is C27H21NO3. The minimum Gasteiger partial charge on any atom is -0.497 e. The molecule has 6 aromatic rings. The number of para-hydroxylation sites is 1. The molecule has 0 aliphatic heterocycles. The van der Waals surface area contributed by atoms with E-state index in [9.17, 15) is 0 Å². The molecular weight excluding hydrogens is 386 g/mol. The molecule has 3 aromatic carbocycles. The number of furan rings is 1. The van der Waals surface area contributed by atoms with Crippen molar-refractivity contribution >= 4 is 38.4 Å². The molecule has 1 aliphatic rings. The molecule has 7 rings (SSSR count). The van der Waals surface area contributed by atoms with E-state index in [1.165, 1.54) is 33.3 Å². The van der Waals surface area contributed by atoms with Crippen LogP contribution in [0.1, 0.15) is 25.0 Å². The van der Waals surface area contributed by atoms with Crippen molar-refractivity contribution in [2.45, 2.75) is 19.3 Å². The van der Waals surface area contributed by atoms with Crippen LogP contribution in [0, 0.1) is 0 Å². The lowest BCUT2D eigenvalue weighted by Gasteiger charge is -2.21. The van der Waals surface area contributed by atoms with Gasteiger partial charge in [-0.1, -0.05) is 26.0 Å². The summed E-state index contributed by atoms with van der Waals surface area (Å²) in [6.07, 6.45) is 0. The Hall–Kier alpha value is -3.66. The summed E-state index contributed by atoms with van der Waals surface area (Å²) in [4.78, 5) is 0. The first-order valence-corrected chi connectivity index (χ1v) is 10.5. The third-order valence-corrected chi connectivity index (χ3v) is 7.11. The Morgan fingerprint density at radius 1 is 0.806 bits per heavy atom. The molecule has 4 nitrogen and oxygen atoms in total. The van der Waals surface area contributed by atoms with Crippen molar-refractivity contribution in [3.05, 3.63) is 65.7 Å². The van der Waals surface area contributed by atoms with Crippen molar-refractivity contribution < 1.29 is 13.9 Å². The molecule has 0 saturated carbocycles. The van der Waals surface area contributed by atoms with Crippen LogP contribution in [-0.4, -0.2) is 18.6 Å². The van der Waals surface area contributed by atoms with E-state index >= 15 is 0 Å². The molecule has 0 spiro atoms.